The van der Waals surface area contributed by atoms with Gasteiger partial charge >= 0.3 is 10.2 Å². The average molecular weight is 246 g/mol. The van der Waals surface area contributed by atoms with E-state index >= 15 is 0 Å². The summed E-state index contributed by atoms with van der Waals surface area (Å²) in [5, 5.41) is 13.1. The summed E-state index contributed by atoms with van der Waals surface area (Å²) in [5.74, 6) is 0. The molecule has 0 aliphatic heterocycles. The number of hydrogen-bond donors (Lipinski definition) is 1. The quantitative estimate of drug-likeness (QED) is 0.497. The molecule has 1 rings (SSSR count). The van der Waals surface area contributed by atoms with Gasteiger partial charge in [-0.25, -0.2) is 0 Å². The zero-order chi connectivity index (χ0) is 12.2. The standard InChI is InChI=1S/C8H7FN2O4S/c9-16(14,15)6-5-10-7-1-3-8(4-2-7)11(12)13/h1-6,10H/b6-5+. The Hall–Kier alpha value is -1.96. The Labute approximate surface area is 90.8 Å². The van der Waals surface area contributed by atoms with Crippen molar-refractivity contribution in [3.8, 4) is 0 Å². The Morgan fingerprint density at radius 3 is 2.31 bits per heavy atom. The van der Waals surface area contributed by atoms with Gasteiger partial charge < -0.3 is 5.32 Å². The van der Waals surface area contributed by atoms with Gasteiger partial charge in [-0.2, -0.15) is 8.42 Å². The van der Waals surface area contributed by atoms with E-state index in [0.717, 1.165) is 6.20 Å². The maximum Gasteiger partial charge on any atom is 0.326 e. The number of anilines is 1. The molecule has 8 heteroatoms. The van der Waals surface area contributed by atoms with Gasteiger partial charge in [0.25, 0.3) is 5.69 Å². The van der Waals surface area contributed by atoms with Gasteiger partial charge in [-0.05, 0) is 12.1 Å². The van der Waals surface area contributed by atoms with Gasteiger partial charge in [0.05, 0.1) is 10.3 Å². The highest BCUT2D eigenvalue weighted by molar-refractivity contribution is 7.89. The van der Waals surface area contributed by atoms with E-state index in [1.807, 2.05) is 0 Å². The third kappa shape index (κ3) is 4.05. The van der Waals surface area contributed by atoms with Crippen molar-refractivity contribution in [2.45, 2.75) is 0 Å². The minimum Gasteiger partial charge on any atom is -0.361 e. The van der Waals surface area contributed by atoms with Crippen molar-refractivity contribution in [2.75, 3.05) is 5.32 Å². The fourth-order valence-corrected chi connectivity index (χ4v) is 1.12. The molecular formula is C8H7FN2O4S. The summed E-state index contributed by atoms with van der Waals surface area (Å²) < 4.78 is 32.2. The van der Waals surface area contributed by atoms with Crippen molar-refractivity contribution in [2.24, 2.45) is 0 Å². The summed E-state index contributed by atoms with van der Waals surface area (Å²) >= 11 is 0. The van der Waals surface area contributed by atoms with Crippen molar-refractivity contribution in [1.29, 1.82) is 0 Å². The molecule has 0 spiro atoms. The van der Waals surface area contributed by atoms with Crippen LogP contribution in [-0.2, 0) is 10.2 Å². The average Bonchev–Trinajstić information content (AvgIpc) is 2.16. The van der Waals surface area contributed by atoms with Crippen LogP contribution in [-0.4, -0.2) is 13.3 Å². The number of rotatable bonds is 4. The lowest BCUT2D eigenvalue weighted by Crippen LogP contribution is -1.91. The van der Waals surface area contributed by atoms with Gasteiger partial charge in [-0.15, -0.1) is 3.89 Å². The molecular weight excluding hydrogens is 239 g/mol. The minimum absolute atomic E-state index is 0.0901. The molecule has 0 atom stereocenters. The monoisotopic (exact) mass is 246 g/mol. The Balaban J connectivity index is 2.70. The second kappa shape index (κ2) is 4.71. The number of nitrogens with one attached hydrogen (secondary N) is 1. The van der Waals surface area contributed by atoms with Crippen LogP contribution < -0.4 is 5.32 Å². The van der Waals surface area contributed by atoms with Gasteiger partial charge in [-0.3, -0.25) is 10.1 Å². The molecule has 0 aliphatic rings. The molecule has 0 fully saturated rings. The topological polar surface area (TPSA) is 89.3 Å². The van der Waals surface area contributed by atoms with E-state index in [0.29, 0.717) is 11.1 Å². The fourth-order valence-electron chi connectivity index (χ4n) is 0.891. The van der Waals surface area contributed by atoms with Crippen LogP contribution in [0.4, 0.5) is 15.3 Å². The van der Waals surface area contributed by atoms with Crippen molar-refractivity contribution < 1.29 is 17.2 Å². The molecule has 16 heavy (non-hydrogen) atoms. The second-order valence-electron chi connectivity index (χ2n) is 2.73. The third-order valence-corrected chi connectivity index (χ3v) is 2.02. The lowest BCUT2D eigenvalue weighted by atomic mass is 10.3. The number of halogens is 1. The third-order valence-electron chi connectivity index (χ3n) is 1.56. The van der Waals surface area contributed by atoms with Crippen LogP contribution in [0.15, 0.2) is 35.9 Å². The van der Waals surface area contributed by atoms with Crippen molar-refractivity contribution in [1.82, 2.24) is 0 Å². The van der Waals surface area contributed by atoms with Crippen LogP contribution in [0.3, 0.4) is 0 Å². The molecule has 0 bridgehead atoms. The number of nitro benzene ring substituents is 1. The Morgan fingerprint density at radius 2 is 1.88 bits per heavy atom. The van der Waals surface area contributed by atoms with Gasteiger partial charge in [0.2, 0.25) is 0 Å². The molecule has 0 amide bonds. The van der Waals surface area contributed by atoms with E-state index in [1.165, 1.54) is 24.3 Å². The molecule has 6 nitrogen and oxygen atoms in total. The molecule has 0 unspecified atom stereocenters. The van der Waals surface area contributed by atoms with E-state index < -0.39 is 15.1 Å². The molecule has 0 heterocycles. The smallest absolute Gasteiger partial charge is 0.326 e. The van der Waals surface area contributed by atoms with Crippen LogP contribution >= 0.6 is 0 Å². The molecule has 0 aliphatic carbocycles. The molecule has 0 saturated carbocycles. The first-order valence-electron chi connectivity index (χ1n) is 4.01. The number of benzene rings is 1. The predicted molar refractivity (Wildman–Crippen MR) is 55.9 cm³/mol. The number of hydrogen-bond acceptors (Lipinski definition) is 5. The molecule has 1 N–H and O–H groups in total. The highest BCUT2D eigenvalue weighted by Gasteiger charge is 2.03. The minimum atomic E-state index is -4.67. The number of non-ortho nitro benzene ring substituents is 1. The number of nitrogens with zero attached hydrogens (tertiary/aromatic N) is 1. The van der Waals surface area contributed by atoms with Gasteiger partial charge in [0.15, 0.2) is 0 Å². The summed E-state index contributed by atoms with van der Waals surface area (Å²) in [4.78, 5) is 9.74. The summed E-state index contributed by atoms with van der Waals surface area (Å²) in [6.07, 6.45) is 0.885. The largest absolute Gasteiger partial charge is 0.361 e. The Kier molecular flexibility index (Phi) is 3.56. The second-order valence-corrected chi connectivity index (χ2v) is 3.95. The summed E-state index contributed by atoms with van der Waals surface area (Å²) in [7, 11) is -4.67. The molecule has 86 valence electrons. The Morgan fingerprint density at radius 1 is 1.31 bits per heavy atom. The van der Waals surface area contributed by atoms with Crippen molar-refractivity contribution >= 4 is 21.6 Å². The first kappa shape index (κ1) is 12.1. The van der Waals surface area contributed by atoms with Crippen LogP contribution in [0.5, 0.6) is 0 Å². The first-order chi connectivity index (χ1) is 7.38. The summed E-state index contributed by atoms with van der Waals surface area (Å²) in [5.41, 5.74) is 0.318. The maximum absolute atomic E-state index is 12.0. The SMILES string of the molecule is O=[N+]([O-])c1ccc(N/C=C/S(=O)(=O)F)cc1. The zero-order valence-corrected chi connectivity index (χ0v) is 8.65. The predicted octanol–water partition coefficient (Wildman–Crippen LogP) is 1.78. The van der Waals surface area contributed by atoms with E-state index in [-0.39, 0.29) is 5.69 Å². The van der Waals surface area contributed by atoms with Gasteiger partial charge in [-0.1, -0.05) is 0 Å². The molecule has 0 saturated heterocycles. The molecule has 1 aromatic rings. The highest BCUT2D eigenvalue weighted by atomic mass is 32.3. The normalized spacial score (nSPS) is 11.6. The van der Waals surface area contributed by atoms with Crippen LogP contribution in [0.1, 0.15) is 0 Å². The zero-order valence-electron chi connectivity index (χ0n) is 7.83. The lowest BCUT2D eigenvalue weighted by Gasteiger charge is -1.98. The van der Waals surface area contributed by atoms with E-state index in [4.69, 9.17) is 0 Å². The number of nitro groups is 1. The molecule has 1 aromatic carbocycles. The summed E-state index contributed by atoms with van der Waals surface area (Å²) in [6.45, 7) is 0. The Bertz CT molecular complexity index is 509. The fraction of sp³-hybridized carbons (Fsp3) is 0. The van der Waals surface area contributed by atoms with Crippen LogP contribution in [0.2, 0.25) is 0 Å². The van der Waals surface area contributed by atoms with Crippen LogP contribution in [0.25, 0.3) is 0 Å². The summed E-state index contributed by atoms with van der Waals surface area (Å²) in [6, 6.07) is 5.21. The van der Waals surface area contributed by atoms with Crippen LogP contribution in [0, 0.1) is 10.1 Å². The lowest BCUT2D eigenvalue weighted by molar-refractivity contribution is -0.384. The van der Waals surface area contributed by atoms with Gasteiger partial charge in [0, 0.05) is 24.0 Å². The van der Waals surface area contributed by atoms with Crippen molar-refractivity contribution in [3.63, 3.8) is 0 Å². The maximum atomic E-state index is 12.0. The highest BCUT2D eigenvalue weighted by Crippen LogP contribution is 2.15. The van der Waals surface area contributed by atoms with Gasteiger partial charge in [0.1, 0.15) is 0 Å². The molecule has 0 radical (unpaired) electrons. The molecule has 0 aromatic heterocycles. The van der Waals surface area contributed by atoms with Crippen molar-refractivity contribution in [3.05, 3.63) is 46.0 Å². The van der Waals surface area contributed by atoms with E-state index in [9.17, 15) is 22.4 Å². The van der Waals surface area contributed by atoms with E-state index in [1.54, 1.807) is 0 Å². The van der Waals surface area contributed by atoms with E-state index in [2.05, 4.69) is 5.32 Å². The first-order valence-corrected chi connectivity index (χ1v) is 5.45.